The van der Waals surface area contributed by atoms with Crippen LogP contribution in [0.5, 0.6) is 0 Å². The SMILES string of the molecule is COCC(C)Nc1nc(C)cn1CC1(OC)CCOC1. The Hall–Kier alpha value is -1.11. The Morgan fingerprint density at radius 1 is 1.55 bits per heavy atom. The second-order valence-electron chi connectivity index (χ2n) is 5.52. The highest BCUT2D eigenvalue weighted by Gasteiger charge is 2.36. The fraction of sp³-hybridized carbons (Fsp3) is 0.786. The summed E-state index contributed by atoms with van der Waals surface area (Å²) in [6.45, 7) is 6.84. The number of ether oxygens (including phenoxy) is 3. The number of anilines is 1. The van der Waals surface area contributed by atoms with Crippen molar-refractivity contribution in [2.24, 2.45) is 0 Å². The van der Waals surface area contributed by atoms with Crippen LogP contribution in [-0.2, 0) is 20.8 Å². The lowest BCUT2D eigenvalue weighted by Gasteiger charge is -2.27. The second kappa shape index (κ2) is 6.56. The standard InChI is InChI=1S/C14H25N3O3/c1-11-7-17(9-14(19-4)5-6-20-10-14)13(15-11)16-12(2)8-18-3/h7,12H,5-6,8-10H2,1-4H3,(H,15,16). The van der Waals surface area contributed by atoms with Crippen molar-refractivity contribution in [2.45, 2.75) is 38.5 Å². The van der Waals surface area contributed by atoms with Gasteiger partial charge in [0.1, 0.15) is 5.60 Å². The molecule has 2 unspecified atom stereocenters. The predicted octanol–water partition coefficient (Wildman–Crippen LogP) is 1.44. The molecule has 6 heteroatoms. The van der Waals surface area contributed by atoms with E-state index in [0.717, 1.165) is 31.2 Å². The highest BCUT2D eigenvalue weighted by molar-refractivity contribution is 5.30. The molecule has 1 aliphatic rings. The predicted molar refractivity (Wildman–Crippen MR) is 77.1 cm³/mol. The van der Waals surface area contributed by atoms with Crippen LogP contribution in [0.1, 0.15) is 19.0 Å². The molecule has 1 aromatic rings. The fourth-order valence-electron chi connectivity index (χ4n) is 2.54. The van der Waals surface area contributed by atoms with Crippen molar-refractivity contribution in [3.63, 3.8) is 0 Å². The van der Waals surface area contributed by atoms with E-state index in [4.69, 9.17) is 14.2 Å². The Bertz CT molecular complexity index is 427. The van der Waals surface area contributed by atoms with Crippen LogP contribution in [0.15, 0.2) is 6.20 Å². The maximum atomic E-state index is 5.69. The summed E-state index contributed by atoms with van der Waals surface area (Å²) in [6.07, 6.45) is 2.95. The van der Waals surface area contributed by atoms with Crippen molar-refractivity contribution in [3.8, 4) is 0 Å². The Balaban J connectivity index is 2.10. The number of nitrogens with zero attached hydrogens (tertiary/aromatic N) is 2. The van der Waals surface area contributed by atoms with Crippen molar-refractivity contribution in [3.05, 3.63) is 11.9 Å². The molecule has 1 aliphatic heterocycles. The van der Waals surface area contributed by atoms with E-state index in [1.807, 2.05) is 13.1 Å². The number of aromatic nitrogens is 2. The molecule has 6 nitrogen and oxygen atoms in total. The molecule has 1 fully saturated rings. The van der Waals surface area contributed by atoms with Crippen LogP contribution in [0.25, 0.3) is 0 Å². The first kappa shape index (κ1) is 15.3. The molecule has 0 radical (unpaired) electrons. The topological polar surface area (TPSA) is 57.5 Å². The highest BCUT2D eigenvalue weighted by Crippen LogP contribution is 2.26. The van der Waals surface area contributed by atoms with E-state index in [1.54, 1.807) is 14.2 Å². The van der Waals surface area contributed by atoms with Crippen molar-refractivity contribution in [1.82, 2.24) is 9.55 Å². The highest BCUT2D eigenvalue weighted by atomic mass is 16.5. The zero-order chi connectivity index (χ0) is 14.6. The molecule has 1 saturated heterocycles. The summed E-state index contributed by atoms with van der Waals surface area (Å²) < 4.78 is 18.4. The van der Waals surface area contributed by atoms with Gasteiger partial charge in [-0.15, -0.1) is 0 Å². The average molecular weight is 283 g/mol. The quantitative estimate of drug-likeness (QED) is 0.820. The van der Waals surface area contributed by atoms with E-state index in [9.17, 15) is 0 Å². The molecule has 114 valence electrons. The minimum atomic E-state index is -0.242. The maximum Gasteiger partial charge on any atom is 0.203 e. The lowest BCUT2D eigenvalue weighted by atomic mass is 10.0. The molecule has 0 aromatic carbocycles. The van der Waals surface area contributed by atoms with E-state index in [0.29, 0.717) is 13.2 Å². The van der Waals surface area contributed by atoms with Gasteiger partial charge >= 0.3 is 0 Å². The second-order valence-corrected chi connectivity index (χ2v) is 5.52. The molecule has 2 rings (SSSR count). The molecule has 2 atom stereocenters. The van der Waals surface area contributed by atoms with Crippen LogP contribution >= 0.6 is 0 Å². The smallest absolute Gasteiger partial charge is 0.203 e. The van der Waals surface area contributed by atoms with Crippen molar-refractivity contribution in [1.29, 1.82) is 0 Å². The lowest BCUT2D eigenvalue weighted by molar-refractivity contribution is -0.0291. The van der Waals surface area contributed by atoms with Gasteiger partial charge in [-0.05, 0) is 13.8 Å². The molecule has 0 amide bonds. The molecular weight excluding hydrogens is 258 g/mol. The number of methoxy groups -OCH3 is 2. The third-order valence-electron chi connectivity index (χ3n) is 3.65. The van der Waals surface area contributed by atoms with Crippen LogP contribution in [0.2, 0.25) is 0 Å². The molecule has 1 aromatic heterocycles. The summed E-state index contributed by atoms with van der Waals surface area (Å²) in [5.74, 6) is 0.857. The van der Waals surface area contributed by atoms with E-state index in [2.05, 4.69) is 21.8 Å². The minimum absolute atomic E-state index is 0.207. The summed E-state index contributed by atoms with van der Waals surface area (Å²) in [7, 11) is 3.45. The van der Waals surface area contributed by atoms with Crippen LogP contribution in [-0.4, -0.2) is 55.2 Å². The number of rotatable bonds is 7. The van der Waals surface area contributed by atoms with Gasteiger partial charge in [0.05, 0.1) is 25.5 Å². The zero-order valence-corrected chi connectivity index (χ0v) is 12.8. The largest absolute Gasteiger partial charge is 0.383 e. The van der Waals surface area contributed by atoms with E-state index < -0.39 is 0 Å². The van der Waals surface area contributed by atoms with Gasteiger partial charge in [-0.2, -0.15) is 0 Å². The first-order valence-electron chi connectivity index (χ1n) is 7.01. The number of imidazole rings is 1. The Morgan fingerprint density at radius 3 is 2.95 bits per heavy atom. The minimum Gasteiger partial charge on any atom is -0.383 e. The van der Waals surface area contributed by atoms with Gasteiger partial charge in [0.15, 0.2) is 0 Å². The van der Waals surface area contributed by atoms with Gasteiger partial charge in [-0.1, -0.05) is 0 Å². The van der Waals surface area contributed by atoms with Crippen molar-refractivity contribution >= 4 is 5.95 Å². The number of aryl methyl sites for hydroxylation is 1. The van der Waals surface area contributed by atoms with Crippen LogP contribution in [0.3, 0.4) is 0 Å². The fourth-order valence-corrected chi connectivity index (χ4v) is 2.54. The normalized spacial score (nSPS) is 24.0. The molecular formula is C14H25N3O3. The van der Waals surface area contributed by atoms with E-state index >= 15 is 0 Å². The lowest BCUT2D eigenvalue weighted by Crippen LogP contribution is -2.37. The van der Waals surface area contributed by atoms with Crippen molar-refractivity contribution in [2.75, 3.05) is 39.4 Å². The molecule has 1 N–H and O–H groups in total. The third-order valence-corrected chi connectivity index (χ3v) is 3.65. The number of hydrogen-bond acceptors (Lipinski definition) is 5. The number of hydrogen-bond donors (Lipinski definition) is 1. The van der Waals surface area contributed by atoms with Gasteiger partial charge in [0.2, 0.25) is 5.95 Å². The van der Waals surface area contributed by atoms with E-state index in [1.165, 1.54) is 0 Å². The molecule has 0 saturated carbocycles. The summed E-state index contributed by atoms with van der Waals surface area (Å²) in [4.78, 5) is 4.54. The summed E-state index contributed by atoms with van der Waals surface area (Å²) in [5, 5.41) is 3.38. The molecule has 0 aliphatic carbocycles. The van der Waals surface area contributed by atoms with Gasteiger partial charge in [-0.3, -0.25) is 0 Å². The first-order chi connectivity index (χ1) is 9.58. The van der Waals surface area contributed by atoms with Gasteiger partial charge in [0, 0.05) is 39.5 Å². The third kappa shape index (κ3) is 3.50. The molecule has 2 heterocycles. The van der Waals surface area contributed by atoms with Gasteiger partial charge in [-0.25, -0.2) is 4.98 Å². The maximum absolute atomic E-state index is 5.69. The van der Waals surface area contributed by atoms with Crippen LogP contribution in [0, 0.1) is 6.92 Å². The summed E-state index contributed by atoms with van der Waals surface area (Å²) in [6, 6.07) is 0.207. The average Bonchev–Trinajstić information content (AvgIpc) is 2.99. The Kier molecular flexibility index (Phi) is 5.01. The van der Waals surface area contributed by atoms with Gasteiger partial charge in [0.25, 0.3) is 0 Å². The van der Waals surface area contributed by atoms with Gasteiger partial charge < -0.3 is 24.1 Å². The summed E-state index contributed by atoms with van der Waals surface area (Å²) >= 11 is 0. The summed E-state index contributed by atoms with van der Waals surface area (Å²) in [5.41, 5.74) is 0.746. The Labute approximate surface area is 120 Å². The van der Waals surface area contributed by atoms with E-state index in [-0.39, 0.29) is 11.6 Å². The molecule has 0 spiro atoms. The van der Waals surface area contributed by atoms with Crippen LogP contribution < -0.4 is 5.32 Å². The Morgan fingerprint density at radius 2 is 2.35 bits per heavy atom. The first-order valence-corrected chi connectivity index (χ1v) is 7.01. The van der Waals surface area contributed by atoms with Crippen LogP contribution in [0.4, 0.5) is 5.95 Å². The van der Waals surface area contributed by atoms with Crippen molar-refractivity contribution < 1.29 is 14.2 Å². The monoisotopic (exact) mass is 283 g/mol. The zero-order valence-electron chi connectivity index (χ0n) is 12.8. The molecule has 20 heavy (non-hydrogen) atoms. The molecule has 0 bridgehead atoms. The number of nitrogens with one attached hydrogen (secondary N) is 1.